The Hall–Kier alpha value is -2.38. The van der Waals surface area contributed by atoms with E-state index in [1.54, 1.807) is 24.0 Å². The Kier molecular flexibility index (Phi) is 2.34. The summed E-state index contributed by atoms with van der Waals surface area (Å²) in [5.74, 6) is 0. The molecule has 3 aromatic rings. The minimum absolute atomic E-state index is 0.0320. The molecule has 0 bridgehead atoms. The Morgan fingerprint density at radius 1 is 1.05 bits per heavy atom. The Balaban J connectivity index is 2.08. The molecule has 0 saturated heterocycles. The van der Waals surface area contributed by atoms with Gasteiger partial charge in [0.2, 0.25) is 0 Å². The van der Waals surface area contributed by atoms with E-state index in [1.165, 1.54) is 6.20 Å². The first-order valence-electron chi connectivity index (χ1n) is 5.35. The largest absolute Gasteiger partial charge is 0.504 e. The van der Waals surface area contributed by atoms with Gasteiger partial charge in [-0.15, -0.1) is 13.2 Å². The number of halogens is 3. The predicted octanol–water partition coefficient (Wildman–Crippen LogP) is 2.31. The Morgan fingerprint density at radius 3 is 2.53 bits per heavy atom. The van der Waals surface area contributed by atoms with Crippen LogP contribution in [-0.4, -0.2) is 24.5 Å². The number of rotatable bonds is 1. The molecule has 0 aliphatic carbocycles. The minimum Gasteiger partial charge on any atom is -0.266 e. The van der Waals surface area contributed by atoms with Crippen LogP contribution in [0.25, 0.3) is 22.2 Å². The topological polar surface area (TPSA) is 48.5 Å². The normalized spacial score (nSPS) is 12.2. The summed E-state index contributed by atoms with van der Waals surface area (Å²) in [6.45, 7) is 0. The number of hydrogen-bond acceptors (Lipinski definition) is 3. The molecule has 0 fully saturated rings. The Morgan fingerprint density at radius 2 is 1.84 bits per heavy atom. The number of aryl methyl sites for hydroxylation is 1. The lowest BCUT2D eigenvalue weighted by Crippen LogP contribution is -2.16. The second-order valence-corrected chi connectivity index (χ2v) is 4.04. The summed E-state index contributed by atoms with van der Waals surface area (Å²) in [6, 6.07) is 1.73. The maximum absolute atomic E-state index is 12.5. The molecule has 0 aliphatic rings. The van der Waals surface area contributed by atoms with Crippen LogP contribution in [0.3, 0.4) is 0 Å². The zero-order chi connectivity index (χ0) is 13.6. The average molecular weight is 267 g/mol. The monoisotopic (exact) mass is 267 g/mol. The fourth-order valence-electron chi connectivity index (χ4n) is 1.79. The summed E-state index contributed by atoms with van der Waals surface area (Å²) in [4.78, 5) is 4.15. The lowest BCUT2D eigenvalue weighted by Gasteiger charge is -2.04. The first kappa shape index (κ1) is 11.7. The molecule has 0 atom stereocenters. The standard InChI is InChI=1S/C11H8F3N5/c1-18-10-2-7(3-15-9(10)5-16-18)8-4-17-19(6-8)11(12,13)14/h2-6H,1H3. The van der Waals surface area contributed by atoms with Crippen molar-refractivity contribution in [3.8, 4) is 11.1 Å². The zero-order valence-corrected chi connectivity index (χ0v) is 9.76. The van der Waals surface area contributed by atoms with Crippen molar-refractivity contribution in [3.63, 3.8) is 0 Å². The molecule has 0 spiro atoms. The van der Waals surface area contributed by atoms with E-state index < -0.39 is 6.30 Å². The minimum atomic E-state index is -4.51. The second kappa shape index (κ2) is 3.81. The third-order valence-corrected chi connectivity index (χ3v) is 2.77. The second-order valence-electron chi connectivity index (χ2n) is 4.04. The number of nitrogens with zero attached hydrogens (tertiary/aromatic N) is 5. The summed E-state index contributed by atoms with van der Waals surface area (Å²) < 4.78 is 38.9. The van der Waals surface area contributed by atoms with Gasteiger partial charge in [-0.1, -0.05) is 0 Å². The van der Waals surface area contributed by atoms with Gasteiger partial charge in [0.15, 0.2) is 0 Å². The van der Waals surface area contributed by atoms with Gasteiger partial charge in [-0.2, -0.15) is 14.9 Å². The van der Waals surface area contributed by atoms with Crippen molar-refractivity contribution in [2.45, 2.75) is 6.30 Å². The lowest BCUT2D eigenvalue weighted by atomic mass is 10.1. The van der Waals surface area contributed by atoms with E-state index in [1.807, 2.05) is 0 Å². The van der Waals surface area contributed by atoms with E-state index in [4.69, 9.17) is 0 Å². The summed E-state index contributed by atoms with van der Waals surface area (Å²) in [5.41, 5.74) is 2.35. The molecule has 8 heteroatoms. The SMILES string of the molecule is Cn1ncc2ncc(-c3cnn(C(F)(F)F)c3)cc21. The average Bonchev–Trinajstić information content (AvgIpc) is 2.96. The van der Waals surface area contributed by atoms with Crippen LogP contribution in [0.2, 0.25) is 0 Å². The van der Waals surface area contributed by atoms with Crippen LogP contribution in [0.4, 0.5) is 13.2 Å². The van der Waals surface area contributed by atoms with Gasteiger partial charge in [0.25, 0.3) is 0 Å². The molecule has 98 valence electrons. The molecule has 0 unspecified atom stereocenters. The summed E-state index contributed by atoms with van der Waals surface area (Å²) in [5, 5.41) is 7.32. The first-order valence-corrected chi connectivity index (χ1v) is 5.35. The van der Waals surface area contributed by atoms with Crippen molar-refractivity contribution in [1.29, 1.82) is 0 Å². The fourth-order valence-corrected chi connectivity index (χ4v) is 1.79. The van der Waals surface area contributed by atoms with Crippen LogP contribution in [0, 0.1) is 0 Å². The van der Waals surface area contributed by atoms with E-state index in [-0.39, 0.29) is 4.68 Å². The van der Waals surface area contributed by atoms with Crippen LogP contribution in [0.5, 0.6) is 0 Å². The van der Waals surface area contributed by atoms with Crippen molar-refractivity contribution < 1.29 is 13.2 Å². The molecule has 0 saturated carbocycles. The van der Waals surface area contributed by atoms with Crippen molar-refractivity contribution in [1.82, 2.24) is 24.5 Å². The molecule has 0 amide bonds. The highest BCUT2D eigenvalue weighted by molar-refractivity contribution is 5.79. The van der Waals surface area contributed by atoms with Crippen LogP contribution in [0.1, 0.15) is 0 Å². The Bertz CT molecular complexity index is 740. The van der Waals surface area contributed by atoms with Crippen molar-refractivity contribution >= 4 is 11.0 Å². The number of alkyl halides is 3. The summed E-state index contributed by atoms with van der Waals surface area (Å²) in [6.07, 6.45) is 0.675. The third kappa shape index (κ3) is 1.94. The molecule has 0 radical (unpaired) electrons. The number of aromatic nitrogens is 5. The maximum atomic E-state index is 12.5. The van der Waals surface area contributed by atoms with E-state index in [2.05, 4.69) is 15.2 Å². The highest BCUT2D eigenvalue weighted by Crippen LogP contribution is 2.26. The molecule has 0 aromatic carbocycles. The van der Waals surface area contributed by atoms with Gasteiger partial charge >= 0.3 is 6.30 Å². The maximum Gasteiger partial charge on any atom is 0.504 e. The first-order chi connectivity index (χ1) is 8.95. The number of pyridine rings is 1. The van der Waals surface area contributed by atoms with E-state index in [9.17, 15) is 13.2 Å². The van der Waals surface area contributed by atoms with Gasteiger partial charge in [0.1, 0.15) is 5.52 Å². The van der Waals surface area contributed by atoms with E-state index in [0.29, 0.717) is 16.6 Å². The van der Waals surface area contributed by atoms with Gasteiger partial charge in [-0.05, 0) is 6.07 Å². The molecule has 3 aromatic heterocycles. The van der Waals surface area contributed by atoms with Gasteiger partial charge in [-0.3, -0.25) is 9.67 Å². The third-order valence-electron chi connectivity index (χ3n) is 2.77. The quantitative estimate of drug-likeness (QED) is 0.679. The highest BCUT2D eigenvalue weighted by atomic mass is 19.4. The van der Waals surface area contributed by atoms with Gasteiger partial charge in [-0.25, -0.2) is 0 Å². The molecule has 0 aliphatic heterocycles. The number of hydrogen-bond donors (Lipinski definition) is 0. The van der Waals surface area contributed by atoms with E-state index >= 15 is 0 Å². The molecule has 3 rings (SSSR count). The Labute approximate surface area is 105 Å². The summed E-state index contributed by atoms with van der Waals surface area (Å²) in [7, 11) is 1.74. The number of fused-ring (bicyclic) bond motifs is 1. The lowest BCUT2D eigenvalue weighted by molar-refractivity contribution is -0.212. The van der Waals surface area contributed by atoms with Gasteiger partial charge in [0, 0.05) is 30.6 Å². The van der Waals surface area contributed by atoms with Gasteiger partial charge < -0.3 is 0 Å². The van der Waals surface area contributed by atoms with Gasteiger partial charge in [0.05, 0.1) is 17.9 Å². The summed E-state index contributed by atoms with van der Waals surface area (Å²) >= 11 is 0. The van der Waals surface area contributed by atoms with Crippen LogP contribution in [-0.2, 0) is 13.3 Å². The van der Waals surface area contributed by atoms with Crippen LogP contribution < -0.4 is 0 Å². The molecule has 0 N–H and O–H groups in total. The smallest absolute Gasteiger partial charge is 0.266 e. The molecule has 5 nitrogen and oxygen atoms in total. The van der Waals surface area contributed by atoms with Crippen molar-refractivity contribution in [3.05, 3.63) is 30.9 Å². The fraction of sp³-hybridized carbons (Fsp3) is 0.182. The van der Waals surface area contributed by atoms with E-state index in [0.717, 1.165) is 17.9 Å². The molecule has 3 heterocycles. The van der Waals surface area contributed by atoms with Crippen LogP contribution >= 0.6 is 0 Å². The predicted molar refractivity (Wildman–Crippen MR) is 61.0 cm³/mol. The molecular formula is C11H8F3N5. The molecular weight excluding hydrogens is 259 g/mol. The van der Waals surface area contributed by atoms with Crippen LogP contribution in [0.15, 0.2) is 30.9 Å². The zero-order valence-electron chi connectivity index (χ0n) is 9.76. The molecule has 19 heavy (non-hydrogen) atoms. The van der Waals surface area contributed by atoms with Crippen molar-refractivity contribution in [2.24, 2.45) is 7.05 Å². The van der Waals surface area contributed by atoms with Crippen molar-refractivity contribution in [2.75, 3.05) is 0 Å². The highest BCUT2D eigenvalue weighted by Gasteiger charge is 2.31.